The average molecular weight is 151 g/mol. The maximum absolute atomic E-state index is 10.2. The predicted molar refractivity (Wildman–Crippen MR) is 42.2 cm³/mol. The van der Waals surface area contributed by atoms with Gasteiger partial charge in [-0.15, -0.1) is 0 Å². The first-order chi connectivity index (χ1) is 4.70. The molecule has 0 atom stereocenters. The first-order valence-corrected chi connectivity index (χ1v) is 2.98. The molecule has 0 heterocycles. The van der Waals surface area contributed by atoms with Crippen LogP contribution in [0.25, 0.3) is 0 Å². The van der Waals surface area contributed by atoms with Gasteiger partial charge in [0.2, 0.25) is 0 Å². The van der Waals surface area contributed by atoms with Crippen molar-refractivity contribution in [1.29, 1.82) is 0 Å². The second-order valence-electron chi connectivity index (χ2n) is 2.15. The molecule has 0 radical (unpaired) electrons. The molecule has 0 spiro atoms. The zero-order chi connectivity index (χ0) is 7.56. The lowest BCUT2D eigenvalue weighted by Crippen LogP contribution is -2.21. The van der Waals surface area contributed by atoms with Gasteiger partial charge in [0.15, 0.2) is 0 Å². The molecule has 0 N–H and O–H groups in total. The van der Waals surface area contributed by atoms with E-state index in [1.54, 1.807) is 12.1 Å². The summed E-state index contributed by atoms with van der Waals surface area (Å²) >= 11 is 0. The molecule has 11 heavy (non-hydrogen) atoms. The summed E-state index contributed by atoms with van der Waals surface area (Å²) in [6.07, 6.45) is 0. The molecule has 0 saturated heterocycles. The van der Waals surface area contributed by atoms with Crippen molar-refractivity contribution in [2.45, 2.75) is 14.4 Å². The van der Waals surface area contributed by atoms with Crippen LogP contribution < -0.4 is 5.11 Å². The van der Waals surface area contributed by atoms with Crippen molar-refractivity contribution in [3.05, 3.63) is 35.4 Å². The van der Waals surface area contributed by atoms with E-state index >= 15 is 0 Å². The lowest BCUT2D eigenvalue weighted by molar-refractivity contribution is -0.255. The highest BCUT2D eigenvalue weighted by molar-refractivity contribution is 5.85. The van der Waals surface area contributed by atoms with E-state index in [0.717, 1.165) is 5.56 Å². The molecule has 0 fully saturated rings. The van der Waals surface area contributed by atoms with Crippen LogP contribution in [0.2, 0.25) is 0 Å². The minimum Gasteiger partial charge on any atom is -0.545 e. The highest BCUT2D eigenvalue weighted by Gasteiger charge is 1.89. The molecule has 2 nitrogen and oxygen atoms in total. The van der Waals surface area contributed by atoms with Crippen LogP contribution in [0.1, 0.15) is 23.3 Å². The van der Waals surface area contributed by atoms with Gasteiger partial charge in [0.25, 0.3) is 0 Å². The molecule has 0 saturated carbocycles. The smallest absolute Gasteiger partial charge is 0.0715 e. The summed E-state index contributed by atoms with van der Waals surface area (Å²) < 4.78 is 0. The zero-order valence-electron chi connectivity index (χ0n) is 5.63. The van der Waals surface area contributed by atoms with Crippen LogP contribution in [-0.4, -0.2) is 5.97 Å². The number of benzene rings is 1. The number of carbonyl (C=O) groups is 1. The Labute approximate surface area is 66.5 Å². The number of carbonyl (C=O) groups excluding carboxylic acids is 1. The van der Waals surface area contributed by atoms with Gasteiger partial charge in [0.05, 0.1) is 5.97 Å². The Bertz CT molecular complexity index is 236. The minimum absolute atomic E-state index is 0. The van der Waals surface area contributed by atoms with E-state index in [1.165, 1.54) is 12.1 Å². The molecule has 1 aromatic carbocycles. The zero-order valence-corrected chi connectivity index (χ0v) is 5.63. The number of carboxylic acid groups (broad SMARTS) is 1. The van der Waals surface area contributed by atoms with Gasteiger partial charge in [-0.2, -0.15) is 0 Å². The van der Waals surface area contributed by atoms with Crippen LogP contribution in [-0.2, 0) is 0 Å². The monoisotopic (exact) mass is 151 g/mol. The number of rotatable bonds is 1. The normalized spacial score (nSPS) is 8.45. The van der Waals surface area contributed by atoms with Gasteiger partial charge in [-0.1, -0.05) is 37.3 Å². The molecule has 0 aliphatic carbocycles. The van der Waals surface area contributed by atoms with Gasteiger partial charge in [-0.3, -0.25) is 0 Å². The summed E-state index contributed by atoms with van der Waals surface area (Å²) in [6.45, 7) is 1.90. The fourth-order valence-corrected chi connectivity index (χ4v) is 0.690. The Balaban J connectivity index is 0.000001000. The van der Waals surface area contributed by atoms with Crippen molar-refractivity contribution < 1.29 is 9.90 Å². The molecule has 1 aromatic rings. The first kappa shape index (κ1) is 9.69. The summed E-state index contributed by atoms with van der Waals surface area (Å²) in [4.78, 5) is 10.2. The molecular weight excluding hydrogens is 140 g/mol. The molecule has 0 aliphatic rings. The third-order valence-electron chi connectivity index (χ3n) is 1.29. The van der Waals surface area contributed by atoms with E-state index in [1.807, 2.05) is 6.92 Å². The van der Waals surface area contributed by atoms with Crippen LogP contribution in [0.3, 0.4) is 0 Å². The minimum atomic E-state index is -1.12. The Morgan fingerprint density at radius 2 is 1.73 bits per heavy atom. The van der Waals surface area contributed by atoms with Gasteiger partial charge >= 0.3 is 0 Å². The van der Waals surface area contributed by atoms with Crippen molar-refractivity contribution in [2.24, 2.45) is 0 Å². The van der Waals surface area contributed by atoms with E-state index in [-0.39, 0.29) is 13.0 Å². The number of hydrogen-bond donors (Lipinski definition) is 0. The van der Waals surface area contributed by atoms with Crippen LogP contribution in [0.4, 0.5) is 0 Å². The largest absolute Gasteiger partial charge is 0.545 e. The molecule has 2 heteroatoms. The summed E-state index contributed by atoms with van der Waals surface area (Å²) in [5.41, 5.74) is 1.27. The van der Waals surface area contributed by atoms with Crippen LogP contribution in [0, 0.1) is 6.92 Å². The van der Waals surface area contributed by atoms with E-state index in [4.69, 9.17) is 0 Å². The van der Waals surface area contributed by atoms with Gasteiger partial charge in [-0.05, 0) is 12.5 Å². The molecular formula is C9H11O2-. The number of aromatic carboxylic acids is 1. The number of hydrogen-bond acceptors (Lipinski definition) is 2. The SMILES string of the molecule is C.Cc1ccc(C(=O)[O-])cc1. The van der Waals surface area contributed by atoms with Crippen LogP contribution >= 0.6 is 0 Å². The third kappa shape index (κ3) is 2.42. The number of aryl methyl sites for hydroxylation is 1. The Hall–Kier alpha value is -1.31. The summed E-state index contributed by atoms with van der Waals surface area (Å²) in [6, 6.07) is 6.55. The van der Waals surface area contributed by atoms with Crippen molar-refractivity contribution >= 4 is 5.97 Å². The second-order valence-corrected chi connectivity index (χ2v) is 2.15. The van der Waals surface area contributed by atoms with Crippen molar-refractivity contribution in [2.75, 3.05) is 0 Å². The van der Waals surface area contributed by atoms with Crippen LogP contribution in [0.15, 0.2) is 24.3 Å². The van der Waals surface area contributed by atoms with Crippen molar-refractivity contribution in [3.8, 4) is 0 Å². The highest BCUT2D eigenvalue weighted by Crippen LogP contribution is 2.00. The van der Waals surface area contributed by atoms with Gasteiger partial charge in [-0.25, -0.2) is 0 Å². The molecule has 0 unspecified atom stereocenters. The van der Waals surface area contributed by atoms with Crippen molar-refractivity contribution in [1.82, 2.24) is 0 Å². The van der Waals surface area contributed by atoms with Gasteiger partial charge < -0.3 is 9.90 Å². The molecule has 0 amide bonds. The van der Waals surface area contributed by atoms with E-state index in [0.29, 0.717) is 0 Å². The number of carboxylic acids is 1. The van der Waals surface area contributed by atoms with Crippen LogP contribution in [0.5, 0.6) is 0 Å². The summed E-state index contributed by atoms with van der Waals surface area (Å²) in [5.74, 6) is -1.12. The lowest BCUT2D eigenvalue weighted by atomic mass is 10.2. The van der Waals surface area contributed by atoms with Crippen molar-refractivity contribution in [3.63, 3.8) is 0 Å². The molecule has 1 rings (SSSR count). The van der Waals surface area contributed by atoms with Gasteiger partial charge in [0, 0.05) is 0 Å². The molecule has 0 bridgehead atoms. The average Bonchev–Trinajstić information content (AvgIpc) is 1.88. The quantitative estimate of drug-likeness (QED) is 0.600. The topological polar surface area (TPSA) is 40.1 Å². The fraction of sp³-hybridized carbons (Fsp3) is 0.222. The Morgan fingerprint density at radius 1 is 1.27 bits per heavy atom. The molecule has 60 valence electrons. The standard InChI is InChI=1S/C8H8O2.CH4/c1-6-2-4-7(5-3-6)8(9)10;/h2-5H,1H3,(H,9,10);1H4/p-1. The Morgan fingerprint density at radius 3 is 2.09 bits per heavy atom. The third-order valence-corrected chi connectivity index (χ3v) is 1.29. The van der Waals surface area contributed by atoms with E-state index in [9.17, 15) is 9.90 Å². The maximum Gasteiger partial charge on any atom is 0.0715 e. The van der Waals surface area contributed by atoms with E-state index < -0.39 is 5.97 Å². The highest BCUT2D eigenvalue weighted by atomic mass is 16.4. The molecule has 0 aromatic heterocycles. The second kappa shape index (κ2) is 3.76. The first-order valence-electron chi connectivity index (χ1n) is 2.98. The van der Waals surface area contributed by atoms with Gasteiger partial charge in [0.1, 0.15) is 0 Å². The maximum atomic E-state index is 10.2. The summed E-state index contributed by atoms with van der Waals surface area (Å²) in [7, 11) is 0. The molecule has 0 aliphatic heterocycles. The van der Waals surface area contributed by atoms with E-state index in [2.05, 4.69) is 0 Å². The summed E-state index contributed by atoms with van der Waals surface area (Å²) in [5, 5.41) is 10.2. The fourth-order valence-electron chi connectivity index (χ4n) is 0.690. The predicted octanol–water partition coefficient (Wildman–Crippen LogP) is 0.995. The Kier molecular flexibility index (Phi) is 3.31. The lowest BCUT2D eigenvalue weighted by Gasteiger charge is -2.00.